The summed E-state index contributed by atoms with van der Waals surface area (Å²) in [6, 6.07) is 0.912. The van der Waals surface area contributed by atoms with E-state index >= 15 is 0 Å². The van der Waals surface area contributed by atoms with E-state index in [0.29, 0.717) is 6.47 Å². The van der Waals surface area contributed by atoms with Crippen LogP contribution in [0.25, 0.3) is 0 Å². The highest BCUT2D eigenvalue weighted by Crippen LogP contribution is 2.18. The Hall–Kier alpha value is -0.570. The van der Waals surface area contributed by atoms with Crippen LogP contribution < -0.4 is 0 Å². The van der Waals surface area contributed by atoms with Crippen molar-refractivity contribution < 1.29 is 9.53 Å². The van der Waals surface area contributed by atoms with Crippen molar-refractivity contribution in [3.63, 3.8) is 0 Å². The number of hydrogen-bond donors (Lipinski definition) is 0. The zero-order chi connectivity index (χ0) is 16.6. The van der Waals surface area contributed by atoms with E-state index in [9.17, 15) is 4.79 Å². The smallest absolute Gasteiger partial charge is 0.293 e. The summed E-state index contributed by atoms with van der Waals surface area (Å²) in [5.74, 6) is 0. The first-order valence-corrected chi connectivity index (χ1v) is 8.22. The van der Waals surface area contributed by atoms with Crippen molar-refractivity contribution in [3.05, 3.63) is 0 Å². The fourth-order valence-corrected chi connectivity index (χ4v) is 1.82. The number of likely N-dealkylation sites (tertiary alicyclic amines) is 1. The van der Waals surface area contributed by atoms with Crippen molar-refractivity contribution in [2.75, 3.05) is 13.6 Å². The van der Waals surface area contributed by atoms with Crippen LogP contribution in [0.4, 0.5) is 0 Å². The molecule has 1 rings (SSSR count). The molecule has 0 aromatic heterocycles. The normalized spacial score (nSPS) is 17.6. The molecule has 1 atom stereocenters. The second kappa shape index (κ2) is 16.5. The molecule has 1 fully saturated rings. The quantitative estimate of drug-likeness (QED) is 0.693. The molecule has 0 amide bonds. The Morgan fingerprint density at radius 2 is 1.70 bits per heavy atom. The summed E-state index contributed by atoms with van der Waals surface area (Å²) in [4.78, 5) is 12.1. The fourth-order valence-electron chi connectivity index (χ4n) is 1.82. The van der Waals surface area contributed by atoms with Gasteiger partial charge in [-0.15, -0.1) is 0 Å². The van der Waals surface area contributed by atoms with E-state index < -0.39 is 0 Å². The fraction of sp³-hybridized carbons (Fsp3) is 0.941. The lowest BCUT2D eigenvalue weighted by molar-refractivity contribution is -0.138. The van der Waals surface area contributed by atoms with Gasteiger partial charge in [-0.2, -0.15) is 0 Å². The van der Waals surface area contributed by atoms with E-state index in [1.807, 2.05) is 48.5 Å². The minimum atomic E-state index is -0.318. The van der Waals surface area contributed by atoms with Crippen LogP contribution >= 0.6 is 0 Å². The number of carbonyl (C=O) groups is 1. The topological polar surface area (TPSA) is 29.5 Å². The second-order valence-corrected chi connectivity index (χ2v) is 5.39. The van der Waals surface area contributed by atoms with Crippen LogP contribution in [0, 0.1) is 0 Å². The molecule has 124 valence electrons. The van der Waals surface area contributed by atoms with Gasteiger partial charge in [-0.3, -0.25) is 4.79 Å². The summed E-state index contributed by atoms with van der Waals surface area (Å²) in [6.45, 7) is 17.5. The maximum absolute atomic E-state index is 9.60. The van der Waals surface area contributed by atoms with E-state index in [-0.39, 0.29) is 5.60 Å². The minimum Gasteiger partial charge on any atom is -0.462 e. The SMILES string of the molecule is CC.CC.CC(C)(C)OC=O.CCCC1CCCN1C. The predicted octanol–water partition coefficient (Wildman–Crippen LogP) is 4.89. The van der Waals surface area contributed by atoms with Gasteiger partial charge in [-0.25, -0.2) is 0 Å². The van der Waals surface area contributed by atoms with Gasteiger partial charge in [-0.05, 0) is 53.6 Å². The first-order chi connectivity index (χ1) is 9.40. The minimum absolute atomic E-state index is 0.318. The lowest BCUT2D eigenvalue weighted by atomic mass is 10.1. The highest BCUT2D eigenvalue weighted by molar-refractivity contribution is 5.37. The number of hydrogen-bond acceptors (Lipinski definition) is 3. The Labute approximate surface area is 128 Å². The van der Waals surface area contributed by atoms with Crippen LogP contribution in [-0.2, 0) is 9.53 Å². The van der Waals surface area contributed by atoms with Gasteiger partial charge in [0, 0.05) is 6.04 Å². The van der Waals surface area contributed by atoms with Crippen molar-refractivity contribution in [2.24, 2.45) is 0 Å². The second-order valence-electron chi connectivity index (χ2n) is 5.39. The van der Waals surface area contributed by atoms with Crippen LogP contribution in [0.3, 0.4) is 0 Å². The monoisotopic (exact) mass is 289 g/mol. The van der Waals surface area contributed by atoms with E-state index in [1.165, 1.54) is 32.2 Å². The van der Waals surface area contributed by atoms with Gasteiger partial charge in [0.15, 0.2) is 0 Å². The van der Waals surface area contributed by atoms with Crippen molar-refractivity contribution in [1.29, 1.82) is 0 Å². The van der Waals surface area contributed by atoms with Crippen LogP contribution in [0.5, 0.6) is 0 Å². The van der Waals surface area contributed by atoms with E-state index in [1.54, 1.807) is 0 Å². The van der Waals surface area contributed by atoms with Crippen molar-refractivity contribution in [1.82, 2.24) is 4.90 Å². The van der Waals surface area contributed by atoms with Gasteiger partial charge in [-0.1, -0.05) is 41.0 Å². The van der Waals surface area contributed by atoms with Crippen molar-refractivity contribution >= 4 is 6.47 Å². The average Bonchev–Trinajstić information content (AvgIpc) is 2.80. The average molecular weight is 290 g/mol. The number of carbonyl (C=O) groups excluding carboxylic acids is 1. The molecule has 1 heterocycles. The maximum Gasteiger partial charge on any atom is 0.293 e. The molecule has 0 saturated carbocycles. The van der Waals surface area contributed by atoms with Gasteiger partial charge in [0.25, 0.3) is 6.47 Å². The highest BCUT2D eigenvalue weighted by Gasteiger charge is 2.18. The molecule has 0 spiro atoms. The van der Waals surface area contributed by atoms with Gasteiger partial charge in [0.2, 0.25) is 0 Å². The molecule has 1 aliphatic heterocycles. The predicted molar refractivity (Wildman–Crippen MR) is 90.2 cm³/mol. The number of rotatable bonds is 3. The Bertz CT molecular complexity index is 188. The van der Waals surface area contributed by atoms with E-state index in [4.69, 9.17) is 0 Å². The first-order valence-electron chi connectivity index (χ1n) is 8.22. The zero-order valence-electron chi connectivity index (χ0n) is 15.5. The zero-order valence-corrected chi connectivity index (χ0v) is 15.5. The number of nitrogens with zero attached hydrogens (tertiary/aromatic N) is 1. The van der Waals surface area contributed by atoms with Gasteiger partial charge in [0.05, 0.1) is 0 Å². The standard InChI is InChI=1S/C8H17N.C5H10O2.2C2H6/c1-3-5-8-6-4-7-9(8)2;1-5(2,3)7-4-6;2*1-2/h8H,3-7H2,1-2H3;4H,1-3H3;2*1-2H3. The summed E-state index contributed by atoms with van der Waals surface area (Å²) in [7, 11) is 2.24. The van der Waals surface area contributed by atoms with Gasteiger partial charge >= 0.3 is 0 Å². The van der Waals surface area contributed by atoms with Crippen LogP contribution in [0.2, 0.25) is 0 Å². The van der Waals surface area contributed by atoms with Crippen molar-refractivity contribution in [3.8, 4) is 0 Å². The third kappa shape index (κ3) is 17.4. The van der Waals surface area contributed by atoms with Crippen LogP contribution in [-0.4, -0.2) is 36.6 Å². The Balaban J connectivity index is -0.000000236. The molecule has 0 aromatic rings. The summed E-state index contributed by atoms with van der Waals surface area (Å²) in [5.41, 5.74) is -0.318. The molecular weight excluding hydrogens is 250 g/mol. The first kappa shape index (κ1) is 24.4. The molecule has 1 unspecified atom stereocenters. The van der Waals surface area contributed by atoms with Crippen LogP contribution in [0.1, 0.15) is 81.1 Å². The molecule has 1 saturated heterocycles. The Morgan fingerprint density at radius 3 is 1.90 bits per heavy atom. The van der Waals surface area contributed by atoms with E-state index in [0.717, 1.165) is 6.04 Å². The summed E-state index contributed by atoms with van der Waals surface area (Å²) < 4.78 is 4.55. The molecular formula is C17H39NO2. The summed E-state index contributed by atoms with van der Waals surface area (Å²) in [5, 5.41) is 0. The molecule has 0 bridgehead atoms. The molecule has 0 aromatic carbocycles. The molecule has 3 nitrogen and oxygen atoms in total. The molecule has 0 aliphatic carbocycles. The molecule has 0 N–H and O–H groups in total. The Morgan fingerprint density at radius 1 is 1.20 bits per heavy atom. The highest BCUT2D eigenvalue weighted by atomic mass is 16.5. The molecule has 0 radical (unpaired) electrons. The molecule has 3 heteroatoms. The lowest BCUT2D eigenvalue weighted by Gasteiger charge is -2.17. The lowest BCUT2D eigenvalue weighted by Crippen LogP contribution is -2.24. The largest absolute Gasteiger partial charge is 0.462 e. The van der Waals surface area contributed by atoms with E-state index in [2.05, 4.69) is 23.6 Å². The van der Waals surface area contributed by atoms with Crippen molar-refractivity contribution in [2.45, 2.75) is 92.7 Å². The van der Waals surface area contributed by atoms with Gasteiger partial charge < -0.3 is 9.64 Å². The third-order valence-corrected chi connectivity index (χ3v) is 2.70. The summed E-state index contributed by atoms with van der Waals surface area (Å²) >= 11 is 0. The third-order valence-electron chi connectivity index (χ3n) is 2.70. The molecule has 1 aliphatic rings. The number of ether oxygens (including phenoxy) is 1. The Kier molecular flexibility index (Phi) is 20.2. The van der Waals surface area contributed by atoms with Crippen LogP contribution in [0.15, 0.2) is 0 Å². The molecule has 20 heavy (non-hydrogen) atoms. The maximum atomic E-state index is 9.60. The summed E-state index contributed by atoms with van der Waals surface area (Å²) in [6.07, 6.45) is 5.59. The van der Waals surface area contributed by atoms with Gasteiger partial charge in [0.1, 0.15) is 5.60 Å².